The summed E-state index contributed by atoms with van der Waals surface area (Å²) < 4.78 is 33.4. The number of ether oxygens (including phenoxy) is 1. The van der Waals surface area contributed by atoms with Crippen LogP contribution in [0.15, 0.2) is 29.2 Å². The van der Waals surface area contributed by atoms with Crippen molar-refractivity contribution < 1.29 is 17.9 Å². The number of nitrogens with one attached hydrogen (secondary N) is 1. The maximum absolute atomic E-state index is 13.1. The highest BCUT2D eigenvalue weighted by Crippen LogP contribution is 2.23. The molecule has 30 heavy (non-hydrogen) atoms. The number of hydrogen-bond donors (Lipinski definition) is 1. The number of sulfonamides is 1. The van der Waals surface area contributed by atoms with Gasteiger partial charge in [0.05, 0.1) is 17.1 Å². The van der Waals surface area contributed by atoms with Gasteiger partial charge in [-0.1, -0.05) is 0 Å². The number of carbonyl (C=O) groups is 1. The lowest BCUT2D eigenvalue weighted by Gasteiger charge is -2.38. The molecule has 2 aliphatic rings. The molecule has 168 valence electrons. The first-order valence-electron chi connectivity index (χ1n) is 10.8. The van der Waals surface area contributed by atoms with Crippen LogP contribution in [0.1, 0.15) is 57.8 Å². The molecule has 1 N–H and O–H groups in total. The van der Waals surface area contributed by atoms with Crippen molar-refractivity contribution >= 4 is 15.9 Å². The first-order valence-corrected chi connectivity index (χ1v) is 12.3. The van der Waals surface area contributed by atoms with Crippen molar-refractivity contribution in [1.29, 1.82) is 0 Å². The van der Waals surface area contributed by atoms with E-state index in [1.54, 1.807) is 32.9 Å². The zero-order valence-electron chi connectivity index (χ0n) is 18.7. The molecule has 2 saturated heterocycles. The molecule has 0 spiro atoms. The van der Waals surface area contributed by atoms with Crippen molar-refractivity contribution in [3.05, 3.63) is 29.8 Å². The van der Waals surface area contributed by atoms with Gasteiger partial charge in [0.2, 0.25) is 10.0 Å². The molecule has 3 unspecified atom stereocenters. The average Bonchev–Trinajstić information content (AvgIpc) is 3.06. The maximum Gasteiger partial charge on any atom is 0.254 e. The van der Waals surface area contributed by atoms with Gasteiger partial charge in [0.25, 0.3) is 5.91 Å². The standard InChI is InChI=1S/C22H35N3O4S/c1-16-13-24(14-17(2)29-16)15-19-7-6-12-25(19)21(26)18-8-10-20(11-9-18)30(27,28)23-22(3,4)5/h8-11,16-17,19,23H,6-7,12-15H2,1-5H3. The van der Waals surface area contributed by atoms with E-state index >= 15 is 0 Å². The highest BCUT2D eigenvalue weighted by molar-refractivity contribution is 7.89. The number of likely N-dealkylation sites (tertiary alicyclic amines) is 1. The quantitative estimate of drug-likeness (QED) is 0.766. The Kier molecular flexibility index (Phi) is 6.91. The van der Waals surface area contributed by atoms with Gasteiger partial charge in [-0.3, -0.25) is 9.69 Å². The number of benzene rings is 1. The van der Waals surface area contributed by atoms with E-state index in [9.17, 15) is 13.2 Å². The summed E-state index contributed by atoms with van der Waals surface area (Å²) in [6, 6.07) is 6.44. The summed E-state index contributed by atoms with van der Waals surface area (Å²) in [4.78, 5) is 17.6. The average molecular weight is 438 g/mol. The van der Waals surface area contributed by atoms with Crippen LogP contribution in [-0.2, 0) is 14.8 Å². The van der Waals surface area contributed by atoms with Crippen LogP contribution in [0.5, 0.6) is 0 Å². The minimum absolute atomic E-state index is 0.0282. The largest absolute Gasteiger partial charge is 0.373 e. The Morgan fingerprint density at radius 1 is 1.13 bits per heavy atom. The van der Waals surface area contributed by atoms with Crippen LogP contribution in [-0.4, -0.2) is 74.1 Å². The maximum atomic E-state index is 13.1. The van der Waals surface area contributed by atoms with Gasteiger partial charge in [-0.2, -0.15) is 0 Å². The fourth-order valence-corrected chi connectivity index (χ4v) is 5.85. The number of rotatable bonds is 5. The summed E-state index contributed by atoms with van der Waals surface area (Å²) in [7, 11) is -3.61. The Morgan fingerprint density at radius 3 is 2.30 bits per heavy atom. The minimum Gasteiger partial charge on any atom is -0.373 e. The van der Waals surface area contributed by atoms with Crippen molar-refractivity contribution in [2.24, 2.45) is 0 Å². The lowest BCUT2D eigenvalue weighted by Crippen LogP contribution is -2.50. The van der Waals surface area contributed by atoms with Crippen LogP contribution in [0.4, 0.5) is 0 Å². The fraction of sp³-hybridized carbons (Fsp3) is 0.682. The fourth-order valence-electron chi connectivity index (χ4n) is 4.43. The molecule has 0 radical (unpaired) electrons. The van der Waals surface area contributed by atoms with Gasteiger partial charge in [-0.15, -0.1) is 0 Å². The lowest BCUT2D eigenvalue weighted by atomic mass is 10.1. The van der Waals surface area contributed by atoms with Crippen LogP contribution >= 0.6 is 0 Å². The SMILES string of the molecule is CC1CN(CC2CCCN2C(=O)c2ccc(S(=O)(=O)NC(C)(C)C)cc2)CC(C)O1. The van der Waals surface area contributed by atoms with Crippen LogP contribution < -0.4 is 4.72 Å². The van der Waals surface area contributed by atoms with Crippen LogP contribution in [0.25, 0.3) is 0 Å². The smallest absolute Gasteiger partial charge is 0.254 e. The molecule has 3 atom stereocenters. The summed E-state index contributed by atoms with van der Waals surface area (Å²) in [5.74, 6) is -0.0282. The van der Waals surface area contributed by atoms with E-state index in [4.69, 9.17) is 4.74 Å². The summed E-state index contributed by atoms with van der Waals surface area (Å²) in [6.45, 7) is 12.9. The van der Waals surface area contributed by atoms with Crippen LogP contribution in [0.3, 0.4) is 0 Å². The Morgan fingerprint density at radius 2 is 1.73 bits per heavy atom. The van der Waals surface area contributed by atoms with Gasteiger partial charge in [-0.25, -0.2) is 13.1 Å². The molecular weight excluding hydrogens is 402 g/mol. The highest BCUT2D eigenvalue weighted by Gasteiger charge is 2.33. The third-order valence-corrected chi connectivity index (χ3v) is 7.23. The van der Waals surface area contributed by atoms with E-state index in [0.29, 0.717) is 5.56 Å². The predicted octanol–water partition coefficient (Wildman–Crippen LogP) is 2.48. The first kappa shape index (κ1) is 23.2. The highest BCUT2D eigenvalue weighted by atomic mass is 32.2. The second-order valence-corrected chi connectivity index (χ2v) is 11.3. The molecule has 1 aromatic carbocycles. The van der Waals surface area contributed by atoms with Gasteiger partial charge < -0.3 is 9.64 Å². The van der Waals surface area contributed by atoms with Gasteiger partial charge in [0, 0.05) is 43.3 Å². The minimum atomic E-state index is -3.61. The van der Waals surface area contributed by atoms with E-state index < -0.39 is 15.6 Å². The molecule has 1 amide bonds. The lowest BCUT2D eigenvalue weighted by molar-refractivity contribution is -0.0715. The molecule has 7 nitrogen and oxygen atoms in total. The van der Waals surface area contributed by atoms with Crippen molar-refractivity contribution in [2.45, 2.75) is 76.1 Å². The zero-order chi connectivity index (χ0) is 22.1. The monoisotopic (exact) mass is 437 g/mol. The summed E-state index contributed by atoms with van der Waals surface area (Å²) in [5, 5.41) is 0. The van der Waals surface area contributed by atoms with Gasteiger partial charge >= 0.3 is 0 Å². The van der Waals surface area contributed by atoms with Gasteiger partial charge in [0.1, 0.15) is 0 Å². The van der Waals surface area contributed by atoms with E-state index in [0.717, 1.165) is 39.0 Å². The van der Waals surface area contributed by atoms with Crippen LogP contribution in [0, 0.1) is 0 Å². The number of carbonyl (C=O) groups excluding carboxylic acids is 1. The molecule has 0 bridgehead atoms. The molecule has 0 aliphatic carbocycles. The van der Waals surface area contributed by atoms with E-state index in [1.807, 2.05) is 4.90 Å². The van der Waals surface area contributed by atoms with Crippen molar-refractivity contribution in [3.63, 3.8) is 0 Å². The molecule has 0 aromatic heterocycles. The second-order valence-electron chi connectivity index (χ2n) is 9.65. The Balaban J connectivity index is 1.68. The number of morpholine rings is 1. The van der Waals surface area contributed by atoms with Crippen molar-refractivity contribution in [1.82, 2.24) is 14.5 Å². The summed E-state index contributed by atoms with van der Waals surface area (Å²) in [5.41, 5.74) is -0.0368. The van der Waals surface area contributed by atoms with E-state index in [-0.39, 0.29) is 29.1 Å². The van der Waals surface area contributed by atoms with E-state index in [1.165, 1.54) is 12.1 Å². The Bertz CT molecular complexity index is 838. The number of hydrogen-bond acceptors (Lipinski definition) is 5. The topological polar surface area (TPSA) is 79.0 Å². The molecule has 3 rings (SSSR count). The molecule has 0 saturated carbocycles. The van der Waals surface area contributed by atoms with Crippen molar-refractivity contribution in [2.75, 3.05) is 26.2 Å². The first-order chi connectivity index (χ1) is 13.9. The molecule has 1 aromatic rings. The Labute approximate surface area is 180 Å². The predicted molar refractivity (Wildman–Crippen MR) is 117 cm³/mol. The van der Waals surface area contributed by atoms with E-state index in [2.05, 4.69) is 23.5 Å². The third kappa shape index (κ3) is 5.81. The molecule has 2 aliphatic heterocycles. The molecule has 2 fully saturated rings. The summed E-state index contributed by atoms with van der Waals surface area (Å²) in [6.07, 6.45) is 2.40. The van der Waals surface area contributed by atoms with Crippen LogP contribution in [0.2, 0.25) is 0 Å². The zero-order valence-corrected chi connectivity index (χ0v) is 19.5. The summed E-state index contributed by atoms with van der Waals surface area (Å²) >= 11 is 0. The van der Waals surface area contributed by atoms with Gasteiger partial charge in [0.15, 0.2) is 0 Å². The normalized spacial score (nSPS) is 26.2. The van der Waals surface area contributed by atoms with Gasteiger partial charge in [-0.05, 0) is 71.7 Å². The molecule has 2 heterocycles. The second kappa shape index (κ2) is 8.94. The molecule has 8 heteroatoms. The number of nitrogens with zero attached hydrogens (tertiary/aromatic N) is 2. The number of amides is 1. The Hall–Kier alpha value is -1.48. The third-order valence-electron chi connectivity index (χ3n) is 5.45. The molecular formula is C22H35N3O4S. The van der Waals surface area contributed by atoms with Crippen molar-refractivity contribution in [3.8, 4) is 0 Å².